The molecule has 1 unspecified atom stereocenters. The molecule has 3 nitrogen and oxygen atoms in total. The fourth-order valence-electron chi connectivity index (χ4n) is 2.10. The third-order valence-corrected chi connectivity index (χ3v) is 3.20. The van der Waals surface area contributed by atoms with E-state index in [1.807, 2.05) is 11.0 Å². The molecule has 16 heavy (non-hydrogen) atoms. The van der Waals surface area contributed by atoms with Crippen LogP contribution in [0.5, 0.6) is 0 Å². The molecule has 0 radical (unpaired) electrons. The van der Waals surface area contributed by atoms with E-state index in [9.17, 15) is 9.18 Å². The van der Waals surface area contributed by atoms with Crippen molar-refractivity contribution in [3.05, 3.63) is 35.1 Å². The molecule has 0 bridgehead atoms. The quantitative estimate of drug-likeness (QED) is 0.813. The summed E-state index contributed by atoms with van der Waals surface area (Å²) in [5.41, 5.74) is 6.99. The topological polar surface area (TPSA) is 46.3 Å². The summed E-state index contributed by atoms with van der Waals surface area (Å²) in [7, 11) is 0. The number of halogens is 1. The molecule has 1 aliphatic heterocycles. The molecule has 2 rings (SSSR count). The van der Waals surface area contributed by atoms with Crippen LogP contribution in [0.15, 0.2) is 18.2 Å². The summed E-state index contributed by atoms with van der Waals surface area (Å²) in [4.78, 5) is 13.1. The lowest BCUT2D eigenvalue weighted by Gasteiger charge is -2.32. The summed E-state index contributed by atoms with van der Waals surface area (Å²) in [5, 5.41) is 0. The van der Waals surface area contributed by atoms with Crippen molar-refractivity contribution >= 4 is 5.91 Å². The molecular weight excluding hydrogens is 207 g/mol. The highest BCUT2D eigenvalue weighted by atomic mass is 19.1. The Morgan fingerprint density at radius 2 is 2.31 bits per heavy atom. The zero-order valence-corrected chi connectivity index (χ0v) is 9.24. The zero-order chi connectivity index (χ0) is 11.7. The maximum absolute atomic E-state index is 13.4. The summed E-state index contributed by atoms with van der Waals surface area (Å²) in [6.07, 6.45) is 0.639. The van der Waals surface area contributed by atoms with E-state index in [2.05, 4.69) is 0 Å². The molecule has 0 aromatic heterocycles. The van der Waals surface area contributed by atoms with Crippen LogP contribution in [0.4, 0.5) is 4.39 Å². The van der Waals surface area contributed by atoms with E-state index in [1.54, 1.807) is 13.0 Å². The summed E-state index contributed by atoms with van der Waals surface area (Å²) in [6, 6.07) is 4.79. The third-order valence-electron chi connectivity index (χ3n) is 3.20. The van der Waals surface area contributed by atoms with Gasteiger partial charge in [0.05, 0.1) is 6.04 Å². The van der Waals surface area contributed by atoms with Gasteiger partial charge >= 0.3 is 0 Å². The minimum Gasteiger partial charge on any atom is -0.368 e. The Hall–Kier alpha value is -1.42. The molecule has 1 heterocycles. The van der Waals surface area contributed by atoms with Crippen LogP contribution in [0, 0.1) is 5.82 Å². The number of benzene rings is 1. The number of carbonyl (C=O) groups is 1. The Labute approximate surface area is 94.0 Å². The Morgan fingerprint density at radius 3 is 3.00 bits per heavy atom. The molecule has 4 heteroatoms. The van der Waals surface area contributed by atoms with Crippen molar-refractivity contribution in [3.63, 3.8) is 0 Å². The van der Waals surface area contributed by atoms with Gasteiger partial charge in [0, 0.05) is 13.1 Å². The van der Waals surface area contributed by atoms with Gasteiger partial charge in [0.25, 0.3) is 0 Å². The number of fused-ring (bicyclic) bond motifs is 1. The van der Waals surface area contributed by atoms with Gasteiger partial charge in [-0.25, -0.2) is 4.39 Å². The van der Waals surface area contributed by atoms with Crippen LogP contribution in [0.1, 0.15) is 18.1 Å². The predicted octanol–water partition coefficient (Wildman–Crippen LogP) is 1.06. The molecule has 86 valence electrons. The van der Waals surface area contributed by atoms with Crippen LogP contribution in [0.25, 0.3) is 0 Å². The van der Waals surface area contributed by atoms with E-state index in [-0.39, 0.29) is 17.8 Å². The first-order valence-electron chi connectivity index (χ1n) is 5.39. The second-order valence-electron chi connectivity index (χ2n) is 4.18. The molecule has 0 saturated carbocycles. The van der Waals surface area contributed by atoms with Gasteiger partial charge in [-0.1, -0.05) is 12.1 Å². The SMILES string of the molecule is CC(C(N)=O)N1CCc2c(F)cccc2C1. The van der Waals surface area contributed by atoms with E-state index in [1.165, 1.54) is 6.07 Å². The minimum atomic E-state index is -0.333. The van der Waals surface area contributed by atoms with E-state index >= 15 is 0 Å². The maximum atomic E-state index is 13.4. The van der Waals surface area contributed by atoms with Gasteiger partial charge in [0.2, 0.25) is 5.91 Å². The number of amides is 1. The molecule has 0 spiro atoms. The zero-order valence-electron chi connectivity index (χ0n) is 9.24. The lowest BCUT2D eigenvalue weighted by atomic mass is 9.98. The predicted molar refractivity (Wildman–Crippen MR) is 59.2 cm³/mol. The van der Waals surface area contributed by atoms with Gasteiger partial charge in [-0.15, -0.1) is 0 Å². The van der Waals surface area contributed by atoms with E-state index in [0.29, 0.717) is 19.5 Å². The first-order valence-corrected chi connectivity index (χ1v) is 5.39. The number of hydrogen-bond donors (Lipinski definition) is 1. The normalized spacial score (nSPS) is 17.9. The monoisotopic (exact) mass is 222 g/mol. The summed E-state index contributed by atoms with van der Waals surface area (Å²) in [5.74, 6) is -0.483. The van der Waals surface area contributed by atoms with Crippen LogP contribution in [-0.4, -0.2) is 23.4 Å². The lowest BCUT2D eigenvalue weighted by molar-refractivity contribution is -0.123. The summed E-state index contributed by atoms with van der Waals surface area (Å²) < 4.78 is 13.4. The Morgan fingerprint density at radius 1 is 1.56 bits per heavy atom. The molecule has 1 atom stereocenters. The highest BCUT2D eigenvalue weighted by Gasteiger charge is 2.24. The fourth-order valence-corrected chi connectivity index (χ4v) is 2.10. The first kappa shape index (κ1) is 11.1. The van der Waals surface area contributed by atoms with Gasteiger partial charge in [-0.05, 0) is 30.5 Å². The number of carbonyl (C=O) groups excluding carboxylic acids is 1. The van der Waals surface area contributed by atoms with Crippen molar-refractivity contribution in [3.8, 4) is 0 Å². The number of nitrogens with two attached hydrogens (primary N) is 1. The number of hydrogen-bond acceptors (Lipinski definition) is 2. The average Bonchev–Trinajstić information content (AvgIpc) is 2.28. The van der Waals surface area contributed by atoms with Gasteiger partial charge in [0.15, 0.2) is 0 Å². The molecule has 0 aliphatic carbocycles. The molecule has 1 aromatic carbocycles. The molecule has 0 fully saturated rings. The van der Waals surface area contributed by atoms with Crippen LogP contribution < -0.4 is 5.73 Å². The fraction of sp³-hybridized carbons (Fsp3) is 0.417. The van der Waals surface area contributed by atoms with Gasteiger partial charge < -0.3 is 5.73 Å². The smallest absolute Gasteiger partial charge is 0.234 e. The van der Waals surface area contributed by atoms with Gasteiger partial charge in [-0.3, -0.25) is 9.69 Å². The van der Waals surface area contributed by atoms with Gasteiger partial charge in [0.1, 0.15) is 5.82 Å². The molecular formula is C12H15FN2O. The molecule has 1 aromatic rings. The van der Waals surface area contributed by atoms with E-state index < -0.39 is 0 Å². The standard InChI is InChI=1S/C12H15FN2O/c1-8(12(14)16)15-6-5-10-9(7-15)3-2-4-11(10)13/h2-4,8H,5-7H2,1H3,(H2,14,16). The van der Waals surface area contributed by atoms with Crippen LogP contribution in [-0.2, 0) is 17.8 Å². The molecule has 1 amide bonds. The van der Waals surface area contributed by atoms with E-state index in [4.69, 9.17) is 5.73 Å². The Balaban J connectivity index is 2.21. The van der Waals surface area contributed by atoms with Crippen LogP contribution in [0.3, 0.4) is 0 Å². The van der Waals surface area contributed by atoms with Crippen molar-refractivity contribution in [1.29, 1.82) is 0 Å². The molecule has 2 N–H and O–H groups in total. The maximum Gasteiger partial charge on any atom is 0.234 e. The van der Waals surface area contributed by atoms with Crippen molar-refractivity contribution in [2.45, 2.75) is 25.9 Å². The average molecular weight is 222 g/mol. The van der Waals surface area contributed by atoms with Gasteiger partial charge in [-0.2, -0.15) is 0 Å². The third kappa shape index (κ3) is 1.93. The second-order valence-corrected chi connectivity index (χ2v) is 4.18. The molecule has 0 saturated heterocycles. The lowest BCUT2D eigenvalue weighted by Crippen LogP contribution is -2.45. The van der Waals surface area contributed by atoms with E-state index in [0.717, 1.165) is 11.1 Å². The molecule has 1 aliphatic rings. The Bertz CT molecular complexity index is 419. The highest BCUT2D eigenvalue weighted by Crippen LogP contribution is 2.22. The second kappa shape index (κ2) is 4.22. The summed E-state index contributed by atoms with van der Waals surface area (Å²) in [6.45, 7) is 3.06. The van der Waals surface area contributed by atoms with Crippen molar-refractivity contribution in [1.82, 2.24) is 4.90 Å². The number of primary amides is 1. The van der Waals surface area contributed by atoms with Crippen LogP contribution >= 0.6 is 0 Å². The first-order chi connectivity index (χ1) is 7.59. The minimum absolute atomic E-state index is 0.149. The van der Waals surface area contributed by atoms with Crippen molar-refractivity contribution in [2.24, 2.45) is 5.73 Å². The van der Waals surface area contributed by atoms with Crippen molar-refractivity contribution in [2.75, 3.05) is 6.54 Å². The van der Waals surface area contributed by atoms with Crippen LogP contribution in [0.2, 0.25) is 0 Å². The number of nitrogens with zero attached hydrogens (tertiary/aromatic N) is 1. The Kier molecular flexibility index (Phi) is 2.92. The summed E-state index contributed by atoms with van der Waals surface area (Å²) >= 11 is 0. The highest BCUT2D eigenvalue weighted by molar-refractivity contribution is 5.79. The van der Waals surface area contributed by atoms with Crippen molar-refractivity contribution < 1.29 is 9.18 Å². The number of rotatable bonds is 2. The largest absolute Gasteiger partial charge is 0.368 e.